The van der Waals surface area contributed by atoms with E-state index in [4.69, 9.17) is 6.42 Å². The zero-order valence-corrected chi connectivity index (χ0v) is 11.5. The number of ketones is 1. The number of terminal acetylenes is 1. The van der Waals surface area contributed by atoms with Crippen LogP contribution >= 0.6 is 0 Å². The Labute approximate surface area is 113 Å². The first-order chi connectivity index (χ1) is 8.81. The van der Waals surface area contributed by atoms with E-state index in [1.807, 2.05) is 60.7 Å². The van der Waals surface area contributed by atoms with E-state index in [1.165, 1.54) is 0 Å². The molecule has 0 bridgehead atoms. The Kier molecular flexibility index (Phi) is 4.36. The van der Waals surface area contributed by atoms with Gasteiger partial charge in [0.25, 0.3) is 0 Å². The summed E-state index contributed by atoms with van der Waals surface area (Å²) in [4.78, 5) is 11.9. The molecule has 1 nitrogen and oxygen atoms in total. The van der Waals surface area contributed by atoms with Crippen molar-refractivity contribution in [2.24, 2.45) is 0 Å². The summed E-state index contributed by atoms with van der Waals surface area (Å²) in [5, 5.41) is 0. The number of hydrogen-bond acceptors (Lipinski definition) is 1. The van der Waals surface area contributed by atoms with Crippen LogP contribution in [0.5, 0.6) is 0 Å². The summed E-state index contributed by atoms with van der Waals surface area (Å²) in [6.45, 7) is 0. The second-order valence-electron chi connectivity index (χ2n) is 3.71. The molecule has 0 aromatic heterocycles. The van der Waals surface area contributed by atoms with Gasteiger partial charge in [-0.05, 0) is 0 Å². The van der Waals surface area contributed by atoms with E-state index in [9.17, 15) is 4.79 Å². The average molecular weight is 299 g/mol. The Bertz CT molecular complexity index is 555. The molecule has 2 aromatic carbocycles. The van der Waals surface area contributed by atoms with Crippen LogP contribution in [0.2, 0.25) is 4.82 Å². The summed E-state index contributed by atoms with van der Waals surface area (Å²) in [6.07, 6.45) is 5.50. The van der Waals surface area contributed by atoms with Crippen LogP contribution in [-0.2, 0) is 0 Å². The molecule has 0 spiro atoms. The summed E-state index contributed by atoms with van der Waals surface area (Å²) >= 11 is -0.0249. The van der Waals surface area contributed by atoms with Crippen LogP contribution < -0.4 is 4.46 Å². The fraction of sp³-hybridized carbons (Fsp3) is 0.0625. The first kappa shape index (κ1) is 12.6. The van der Waals surface area contributed by atoms with Crippen LogP contribution in [0.25, 0.3) is 0 Å². The molecule has 1 unspecified atom stereocenters. The molecule has 88 valence electrons. The van der Waals surface area contributed by atoms with Gasteiger partial charge >= 0.3 is 113 Å². The minimum absolute atomic E-state index is 0.0249. The Morgan fingerprint density at radius 2 is 1.56 bits per heavy atom. The molecule has 0 aliphatic heterocycles. The number of carbonyl (C=O) groups excluding carboxylic acids is 1. The van der Waals surface area contributed by atoms with Crippen LogP contribution in [0.1, 0.15) is 10.4 Å². The molecule has 0 N–H and O–H groups in total. The van der Waals surface area contributed by atoms with Crippen LogP contribution in [-0.4, -0.2) is 20.7 Å². The minimum atomic E-state index is -0.331. The molecule has 0 saturated carbocycles. The molecule has 0 radical (unpaired) electrons. The van der Waals surface area contributed by atoms with Gasteiger partial charge in [0.05, 0.1) is 0 Å². The van der Waals surface area contributed by atoms with Gasteiger partial charge in [0.2, 0.25) is 0 Å². The predicted molar refractivity (Wildman–Crippen MR) is 75.2 cm³/mol. The summed E-state index contributed by atoms with van der Waals surface area (Å²) in [7, 11) is 0. The predicted octanol–water partition coefficient (Wildman–Crippen LogP) is 2.32. The van der Waals surface area contributed by atoms with E-state index in [2.05, 4.69) is 5.92 Å². The number of rotatable bonds is 4. The summed E-state index contributed by atoms with van der Waals surface area (Å²) in [6, 6.07) is 19.2. The number of benzene rings is 2. The van der Waals surface area contributed by atoms with Gasteiger partial charge < -0.3 is 0 Å². The maximum atomic E-state index is 12.3. The molecule has 2 aromatic rings. The van der Waals surface area contributed by atoms with Crippen molar-refractivity contribution in [2.45, 2.75) is 4.82 Å². The normalized spacial score (nSPS) is 11.5. The molecule has 0 aliphatic carbocycles. The number of carbonyl (C=O) groups is 1. The van der Waals surface area contributed by atoms with Crippen LogP contribution in [0, 0.1) is 12.3 Å². The molecular formula is C16H12OSe. The maximum absolute atomic E-state index is 12.3. The quantitative estimate of drug-likeness (QED) is 0.481. The summed E-state index contributed by atoms with van der Waals surface area (Å²) < 4.78 is 1.15. The van der Waals surface area contributed by atoms with E-state index >= 15 is 0 Å². The molecule has 0 saturated heterocycles. The first-order valence-electron chi connectivity index (χ1n) is 5.58. The van der Waals surface area contributed by atoms with Gasteiger partial charge in [0.1, 0.15) is 0 Å². The van der Waals surface area contributed by atoms with Crippen molar-refractivity contribution in [3.8, 4) is 12.3 Å². The molecule has 18 heavy (non-hydrogen) atoms. The fourth-order valence-corrected chi connectivity index (χ4v) is 3.44. The van der Waals surface area contributed by atoms with Crippen molar-refractivity contribution in [3.05, 3.63) is 66.2 Å². The third-order valence-electron chi connectivity index (χ3n) is 2.44. The van der Waals surface area contributed by atoms with Gasteiger partial charge in [-0.3, -0.25) is 0 Å². The van der Waals surface area contributed by atoms with Gasteiger partial charge in [0.15, 0.2) is 0 Å². The Balaban J connectivity index is 2.16. The molecular weight excluding hydrogens is 287 g/mol. The van der Waals surface area contributed by atoms with Crippen molar-refractivity contribution in [1.29, 1.82) is 0 Å². The molecule has 2 rings (SSSR count). The third kappa shape index (κ3) is 3.11. The van der Waals surface area contributed by atoms with Crippen molar-refractivity contribution < 1.29 is 4.79 Å². The zero-order valence-electron chi connectivity index (χ0n) is 9.74. The second kappa shape index (κ2) is 6.21. The van der Waals surface area contributed by atoms with Crippen molar-refractivity contribution >= 4 is 25.2 Å². The van der Waals surface area contributed by atoms with Crippen molar-refractivity contribution in [1.82, 2.24) is 0 Å². The molecule has 0 amide bonds. The molecule has 1 atom stereocenters. The molecule has 2 heteroatoms. The molecule has 0 aliphatic rings. The Hall–Kier alpha value is -1.81. The molecule has 0 fully saturated rings. The van der Waals surface area contributed by atoms with E-state index < -0.39 is 0 Å². The van der Waals surface area contributed by atoms with Gasteiger partial charge in [-0.25, -0.2) is 0 Å². The average Bonchev–Trinajstić information content (AvgIpc) is 2.46. The van der Waals surface area contributed by atoms with E-state index in [0.717, 1.165) is 4.46 Å². The summed E-state index contributed by atoms with van der Waals surface area (Å²) in [5.41, 5.74) is 0.693. The monoisotopic (exact) mass is 300 g/mol. The van der Waals surface area contributed by atoms with Gasteiger partial charge in [-0.1, -0.05) is 0 Å². The van der Waals surface area contributed by atoms with Gasteiger partial charge in [0, 0.05) is 0 Å². The van der Waals surface area contributed by atoms with Crippen molar-refractivity contribution in [2.75, 3.05) is 0 Å². The fourth-order valence-electron chi connectivity index (χ4n) is 1.55. The zero-order chi connectivity index (χ0) is 12.8. The Morgan fingerprint density at radius 1 is 1.00 bits per heavy atom. The van der Waals surface area contributed by atoms with E-state index in [0.29, 0.717) is 5.56 Å². The first-order valence-corrected chi connectivity index (χ1v) is 7.43. The van der Waals surface area contributed by atoms with Crippen LogP contribution in [0.4, 0.5) is 0 Å². The van der Waals surface area contributed by atoms with Gasteiger partial charge in [-0.15, -0.1) is 0 Å². The SMILES string of the molecule is C#CC([Se]c1ccccc1)C(=O)c1ccccc1. The molecule has 0 heterocycles. The standard InChI is InChI=1S/C16H12OSe/c1-2-15(18-14-11-7-4-8-12-14)16(17)13-9-5-3-6-10-13/h1,3-12,15H. The van der Waals surface area contributed by atoms with E-state index in [-0.39, 0.29) is 25.6 Å². The second-order valence-corrected chi connectivity index (χ2v) is 6.18. The summed E-state index contributed by atoms with van der Waals surface area (Å²) in [5.74, 6) is 2.67. The van der Waals surface area contributed by atoms with Crippen molar-refractivity contribution in [3.63, 3.8) is 0 Å². The van der Waals surface area contributed by atoms with Crippen LogP contribution in [0.15, 0.2) is 60.7 Å². The van der Waals surface area contributed by atoms with Gasteiger partial charge in [-0.2, -0.15) is 0 Å². The topological polar surface area (TPSA) is 17.1 Å². The third-order valence-corrected chi connectivity index (χ3v) is 4.82. The number of hydrogen-bond donors (Lipinski definition) is 0. The van der Waals surface area contributed by atoms with Crippen LogP contribution in [0.3, 0.4) is 0 Å². The Morgan fingerprint density at radius 3 is 2.11 bits per heavy atom. The number of Topliss-reactive ketones (excluding diaryl/α,β-unsaturated/α-hetero) is 1. The van der Waals surface area contributed by atoms with E-state index in [1.54, 1.807) is 0 Å².